The summed E-state index contributed by atoms with van der Waals surface area (Å²) in [6, 6.07) is 16.5. The van der Waals surface area contributed by atoms with E-state index in [1.54, 1.807) is 6.08 Å². The average molecular weight is 334 g/mol. The van der Waals surface area contributed by atoms with Gasteiger partial charge in [0, 0.05) is 19.2 Å². The van der Waals surface area contributed by atoms with Crippen molar-refractivity contribution in [1.82, 2.24) is 10.2 Å². The first-order chi connectivity index (χ1) is 12.2. The Balaban J connectivity index is 1.57. The number of benzene rings is 2. The lowest BCUT2D eigenvalue weighted by molar-refractivity contribution is -0.116. The van der Waals surface area contributed by atoms with Crippen LogP contribution in [-0.2, 0) is 17.9 Å². The molecule has 1 N–H and O–H groups in total. The van der Waals surface area contributed by atoms with Crippen molar-refractivity contribution < 1.29 is 4.79 Å². The van der Waals surface area contributed by atoms with Crippen LogP contribution in [0, 0.1) is 6.92 Å². The number of amides is 1. The molecule has 0 spiro atoms. The molecule has 1 amide bonds. The van der Waals surface area contributed by atoms with E-state index in [4.69, 9.17) is 0 Å². The Morgan fingerprint density at radius 3 is 2.48 bits per heavy atom. The molecule has 25 heavy (non-hydrogen) atoms. The minimum atomic E-state index is -0.0563. The summed E-state index contributed by atoms with van der Waals surface area (Å²) in [5.41, 5.74) is 4.76. The minimum absolute atomic E-state index is 0.0563. The van der Waals surface area contributed by atoms with Gasteiger partial charge >= 0.3 is 0 Å². The zero-order valence-electron chi connectivity index (χ0n) is 14.9. The molecule has 1 aliphatic heterocycles. The highest BCUT2D eigenvalue weighted by molar-refractivity contribution is 5.91. The van der Waals surface area contributed by atoms with Gasteiger partial charge in [-0.15, -0.1) is 0 Å². The second kappa shape index (κ2) is 8.63. The van der Waals surface area contributed by atoms with Gasteiger partial charge in [0.25, 0.3) is 0 Å². The van der Waals surface area contributed by atoms with Crippen molar-refractivity contribution in [3.8, 4) is 0 Å². The SMILES string of the molecule is Cc1ccccc1/C=C/C(=O)NCc1ccccc1CN1CCCC1. The van der Waals surface area contributed by atoms with E-state index in [2.05, 4.69) is 28.4 Å². The molecular formula is C22H26N2O. The molecule has 130 valence electrons. The maximum Gasteiger partial charge on any atom is 0.244 e. The number of nitrogens with zero attached hydrogens (tertiary/aromatic N) is 1. The van der Waals surface area contributed by atoms with E-state index in [0.29, 0.717) is 6.54 Å². The normalized spacial score (nSPS) is 14.9. The molecule has 1 aliphatic rings. The molecule has 0 bridgehead atoms. The molecule has 3 nitrogen and oxygen atoms in total. The van der Waals surface area contributed by atoms with Crippen LogP contribution in [0.1, 0.15) is 35.1 Å². The largest absolute Gasteiger partial charge is 0.348 e. The number of carbonyl (C=O) groups excluding carboxylic acids is 1. The molecule has 1 saturated heterocycles. The predicted molar refractivity (Wildman–Crippen MR) is 103 cm³/mol. The van der Waals surface area contributed by atoms with Crippen molar-refractivity contribution >= 4 is 12.0 Å². The van der Waals surface area contributed by atoms with Crippen molar-refractivity contribution in [3.63, 3.8) is 0 Å². The first-order valence-electron chi connectivity index (χ1n) is 9.03. The zero-order valence-corrected chi connectivity index (χ0v) is 14.9. The highest BCUT2D eigenvalue weighted by Gasteiger charge is 2.13. The Kier molecular flexibility index (Phi) is 6.02. The van der Waals surface area contributed by atoms with E-state index < -0.39 is 0 Å². The first-order valence-corrected chi connectivity index (χ1v) is 9.03. The quantitative estimate of drug-likeness (QED) is 0.812. The Bertz CT molecular complexity index is 745. The van der Waals surface area contributed by atoms with Crippen LogP contribution >= 0.6 is 0 Å². The third-order valence-electron chi connectivity index (χ3n) is 4.77. The number of aryl methyl sites for hydroxylation is 1. The Morgan fingerprint density at radius 2 is 1.72 bits per heavy atom. The van der Waals surface area contributed by atoms with Crippen LogP contribution in [0.5, 0.6) is 0 Å². The molecule has 1 heterocycles. The van der Waals surface area contributed by atoms with Crippen molar-refractivity contribution in [2.75, 3.05) is 13.1 Å². The predicted octanol–water partition coefficient (Wildman–Crippen LogP) is 3.92. The summed E-state index contributed by atoms with van der Waals surface area (Å²) in [5.74, 6) is -0.0563. The van der Waals surface area contributed by atoms with Crippen LogP contribution in [-0.4, -0.2) is 23.9 Å². The second-order valence-electron chi connectivity index (χ2n) is 6.66. The number of carbonyl (C=O) groups is 1. The molecule has 0 atom stereocenters. The summed E-state index contributed by atoms with van der Waals surface area (Å²) < 4.78 is 0. The fourth-order valence-corrected chi connectivity index (χ4v) is 3.25. The molecule has 3 heteroatoms. The second-order valence-corrected chi connectivity index (χ2v) is 6.66. The van der Waals surface area contributed by atoms with E-state index in [-0.39, 0.29) is 5.91 Å². The molecule has 0 aromatic heterocycles. The monoisotopic (exact) mass is 334 g/mol. The van der Waals surface area contributed by atoms with Gasteiger partial charge in [-0.05, 0) is 61.2 Å². The van der Waals surface area contributed by atoms with Crippen molar-refractivity contribution in [2.45, 2.75) is 32.9 Å². The average Bonchev–Trinajstić information content (AvgIpc) is 3.13. The third-order valence-corrected chi connectivity index (χ3v) is 4.77. The first kappa shape index (κ1) is 17.4. The highest BCUT2D eigenvalue weighted by atomic mass is 16.1. The molecular weight excluding hydrogens is 308 g/mol. The molecule has 0 aliphatic carbocycles. The van der Waals surface area contributed by atoms with Crippen LogP contribution in [0.15, 0.2) is 54.6 Å². The van der Waals surface area contributed by atoms with Gasteiger partial charge in [-0.1, -0.05) is 48.5 Å². The number of likely N-dealkylation sites (tertiary alicyclic amines) is 1. The van der Waals surface area contributed by atoms with Crippen LogP contribution in [0.2, 0.25) is 0 Å². The topological polar surface area (TPSA) is 32.3 Å². The summed E-state index contributed by atoms with van der Waals surface area (Å²) in [6.07, 6.45) is 6.08. The Hall–Kier alpha value is -2.39. The summed E-state index contributed by atoms with van der Waals surface area (Å²) in [5, 5.41) is 3.01. The number of hydrogen-bond donors (Lipinski definition) is 1. The van der Waals surface area contributed by atoms with Crippen LogP contribution in [0.25, 0.3) is 6.08 Å². The zero-order chi connectivity index (χ0) is 17.5. The van der Waals surface area contributed by atoms with Gasteiger partial charge in [-0.3, -0.25) is 9.69 Å². The molecule has 2 aromatic carbocycles. The fourth-order valence-electron chi connectivity index (χ4n) is 3.25. The Labute approximate surface area is 150 Å². The van der Waals surface area contributed by atoms with Crippen LogP contribution in [0.3, 0.4) is 0 Å². The number of hydrogen-bond acceptors (Lipinski definition) is 2. The van der Waals surface area contributed by atoms with Gasteiger partial charge in [0.15, 0.2) is 0 Å². The van der Waals surface area contributed by atoms with Crippen LogP contribution in [0.4, 0.5) is 0 Å². The lowest BCUT2D eigenvalue weighted by Crippen LogP contribution is -2.23. The van der Waals surface area contributed by atoms with Crippen molar-refractivity contribution in [3.05, 3.63) is 76.9 Å². The fraction of sp³-hybridized carbons (Fsp3) is 0.318. The smallest absolute Gasteiger partial charge is 0.244 e. The highest BCUT2D eigenvalue weighted by Crippen LogP contribution is 2.16. The van der Waals surface area contributed by atoms with E-state index in [1.165, 1.54) is 42.6 Å². The summed E-state index contributed by atoms with van der Waals surface area (Å²) >= 11 is 0. The van der Waals surface area contributed by atoms with Crippen molar-refractivity contribution in [2.24, 2.45) is 0 Å². The van der Waals surface area contributed by atoms with Gasteiger partial charge in [-0.25, -0.2) is 0 Å². The minimum Gasteiger partial charge on any atom is -0.348 e. The number of rotatable bonds is 6. The molecule has 3 rings (SSSR count). The van der Waals surface area contributed by atoms with Gasteiger partial charge in [0.1, 0.15) is 0 Å². The molecule has 0 radical (unpaired) electrons. The lowest BCUT2D eigenvalue weighted by atomic mass is 10.1. The summed E-state index contributed by atoms with van der Waals surface area (Å²) in [6.45, 7) is 5.96. The molecule has 0 saturated carbocycles. The van der Waals surface area contributed by atoms with Gasteiger partial charge in [0.2, 0.25) is 5.91 Å². The summed E-state index contributed by atoms with van der Waals surface area (Å²) in [4.78, 5) is 14.6. The number of nitrogens with one attached hydrogen (secondary N) is 1. The van der Waals surface area contributed by atoms with Crippen LogP contribution < -0.4 is 5.32 Å². The molecule has 2 aromatic rings. The maximum absolute atomic E-state index is 12.1. The van der Waals surface area contributed by atoms with Gasteiger partial charge < -0.3 is 5.32 Å². The molecule has 1 fully saturated rings. The molecule has 0 unspecified atom stereocenters. The van der Waals surface area contributed by atoms with Gasteiger partial charge in [0.05, 0.1) is 0 Å². The lowest BCUT2D eigenvalue weighted by Gasteiger charge is -2.17. The maximum atomic E-state index is 12.1. The summed E-state index contributed by atoms with van der Waals surface area (Å²) in [7, 11) is 0. The van der Waals surface area contributed by atoms with Gasteiger partial charge in [-0.2, -0.15) is 0 Å². The standard InChI is InChI=1S/C22H26N2O/c1-18-8-2-3-9-19(18)12-13-22(25)23-16-20-10-4-5-11-21(20)17-24-14-6-7-15-24/h2-5,8-13H,6-7,14-17H2,1H3,(H,23,25)/b13-12+. The van der Waals surface area contributed by atoms with E-state index >= 15 is 0 Å². The third kappa shape index (κ3) is 5.04. The van der Waals surface area contributed by atoms with E-state index in [9.17, 15) is 4.79 Å². The van der Waals surface area contributed by atoms with E-state index in [1.807, 2.05) is 43.3 Å². The van der Waals surface area contributed by atoms with Crippen molar-refractivity contribution in [1.29, 1.82) is 0 Å². The van der Waals surface area contributed by atoms with E-state index in [0.717, 1.165) is 12.1 Å². The Morgan fingerprint density at radius 1 is 1.04 bits per heavy atom.